The number of benzene rings is 3. The molecule has 0 aromatic heterocycles. The summed E-state index contributed by atoms with van der Waals surface area (Å²) in [6, 6.07) is 17.3. The van der Waals surface area contributed by atoms with Crippen molar-refractivity contribution in [1.82, 2.24) is 4.90 Å². The van der Waals surface area contributed by atoms with E-state index in [4.69, 9.17) is 9.47 Å². The molecule has 0 radical (unpaired) electrons. The van der Waals surface area contributed by atoms with Crippen molar-refractivity contribution in [2.45, 2.75) is 25.4 Å². The lowest BCUT2D eigenvalue weighted by molar-refractivity contribution is 0.0954. The number of hydrogen-bond acceptors (Lipinski definition) is 4. The van der Waals surface area contributed by atoms with E-state index in [9.17, 15) is 13.6 Å². The first-order valence-corrected chi connectivity index (χ1v) is 11.3. The number of anilines is 1. The normalized spacial score (nSPS) is 14.6. The molecule has 0 saturated carbocycles. The number of nitrogens with zero attached hydrogens (tertiary/aromatic N) is 2. The number of hydrogen-bond donors (Lipinski definition) is 0. The molecule has 1 amide bonds. The number of likely N-dealkylation sites (tertiary alicyclic amines) is 1. The van der Waals surface area contributed by atoms with E-state index < -0.39 is 11.7 Å². The molecule has 7 heteroatoms. The molecule has 0 N–H and O–H groups in total. The Morgan fingerprint density at radius 1 is 0.971 bits per heavy atom. The summed E-state index contributed by atoms with van der Waals surface area (Å²) in [6.07, 6.45) is 1.40. The van der Waals surface area contributed by atoms with E-state index in [1.807, 2.05) is 18.2 Å². The van der Waals surface area contributed by atoms with Gasteiger partial charge in [-0.2, -0.15) is 0 Å². The average molecular weight is 467 g/mol. The highest BCUT2D eigenvalue weighted by Gasteiger charge is 2.31. The number of rotatable bonds is 7. The van der Waals surface area contributed by atoms with Gasteiger partial charge in [0.2, 0.25) is 0 Å². The van der Waals surface area contributed by atoms with Gasteiger partial charge in [0.05, 0.1) is 19.8 Å². The zero-order valence-corrected chi connectivity index (χ0v) is 19.3. The van der Waals surface area contributed by atoms with Gasteiger partial charge in [-0.3, -0.25) is 9.69 Å². The second kappa shape index (κ2) is 10.7. The maximum Gasteiger partial charge on any atom is 0.261 e. The first kappa shape index (κ1) is 23.7. The predicted molar refractivity (Wildman–Crippen MR) is 127 cm³/mol. The Balaban J connectivity index is 1.53. The lowest BCUT2D eigenvalue weighted by Crippen LogP contribution is -2.47. The first-order chi connectivity index (χ1) is 16.5. The van der Waals surface area contributed by atoms with E-state index in [1.165, 1.54) is 24.3 Å². The average Bonchev–Trinajstić information content (AvgIpc) is 2.86. The van der Waals surface area contributed by atoms with Crippen LogP contribution in [0.1, 0.15) is 28.8 Å². The van der Waals surface area contributed by atoms with Crippen LogP contribution in [0.4, 0.5) is 14.5 Å². The minimum absolute atomic E-state index is 0.00960. The molecule has 3 aromatic carbocycles. The molecule has 4 rings (SSSR count). The molecule has 178 valence electrons. The molecular weight excluding hydrogens is 438 g/mol. The Kier molecular flexibility index (Phi) is 7.43. The maximum atomic E-state index is 14.4. The number of carbonyl (C=O) groups excluding carboxylic acids is 1. The molecule has 1 fully saturated rings. The highest BCUT2D eigenvalue weighted by atomic mass is 19.1. The third-order valence-corrected chi connectivity index (χ3v) is 6.23. The zero-order chi connectivity index (χ0) is 24.1. The van der Waals surface area contributed by atoms with E-state index in [0.717, 1.165) is 30.2 Å². The fraction of sp³-hybridized carbons (Fsp3) is 0.296. The SMILES string of the molecule is COc1ccc(OC)c(CN2CCC(N(C(=O)c3ccccc3F)c3ccc(F)cc3)CC2)c1. The van der Waals surface area contributed by atoms with Crippen molar-refractivity contribution in [2.24, 2.45) is 0 Å². The van der Waals surface area contributed by atoms with E-state index in [1.54, 1.807) is 43.4 Å². The summed E-state index contributed by atoms with van der Waals surface area (Å²) in [5, 5.41) is 0. The van der Waals surface area contributed by atoms with Gasteiger partial charge in [-0.05, 0) is 67.4 Å². The maximum absolute atomic E-state index is 14.4. The van der Waals surface area contributed by atoms with Gasteiger partial charge in [-0.1, -0.05) is 12.1 Å². The predicted octanol–water partition coefficient (Wildman–Crippen LogP) is 5.29. The Morgan fingerprint density at radius 2 is 1.68 bits per heavy atom. The highest BCUT2D eigenvalue weighted by Crippen LogP contribution is 2.30. The van der Waals surface area contributed by atoms with Gasteiger partial charge in [0.25, 0.3) is 5.91 Å². The number of methoxy groups -OCH3 is 2. The van der Waals surface area contributed by atoms with Gasteiger partial charge in [-0.25, -0.2) is 8.78 Å². The van der Waals surface area contributed by atoms with Crippen LogP contribution in [-0.2, 0) is 6.54 Å². The molecule has 1 saturated heterocycles. The highest BCUT2D eigenvalue weighted by molar-refractivity contribution is 6.06. The summed E-state index contributed by atoms with van der Waals surface area (Å²) in [4.78, 5) is 17.3. The first-order valence-electron chi connectivity index (χ1n) is 11.3. The summed E-state index contributed by atoms with van der Waals surface area (Å²) in [5.74, 6) is 0.193. The van der Waals surface area contributed by atoms with Crippen molar-refractivity contribution >= 4 is 11.6 Å². The van der Waals surface area contributed by atoms with E-state index in [-0.39, 0.29) is 17.4 Å². The van der Waals surface area contributed by atoms with Crippen molar-refractivity contribution in [3.05, 3.63) is 89.5 Å². The Morgan fingerprint density at radius 3 is 2.32 bits per heavy atom. The molecule has 34 heavy (non-hydrogen) atoms. The monoisotopic (exact) mass is 466 g/mol. The van der Waals surface area contributed by atoms with Crippen LogP contribution < -0.4 is 14.4 Å². The molecule has 1 aliphatic rings. The molecule has 5 nitrogen and oxygen atoms in total. The number of amides is 1. The quantitative estimate of drug-likeness (QED) is 0.474. The van der Waals surface area contributed by atoms with Gasteiger partial charge in [-0.15, -0.1) is 0 Å². The van der Waals surface area contributed by atoms with Gasteiger partial charge in [0.1, 0.15) is 23.1 Å². The standard InChI is InChI=1S/C27H28F2N2O3/c1-33-23-11-12-26(34-2)19(17-23)18-30-15-13-22(14-16-30)31(21-9-7-20(28)8-10-21)27(32)24-5-3-4-6-25(24)29/h3-12,17,22H,13-16,18H2,1-2H3. The lowest BCUT2D eigenvalue weighted by atomic mass is 10.00. The minimum atomic E-state index is -0.567. The number of piperidine rings is 1. The van der Waals surface area contributed by atoms with E-state index in [0.29, 0.717) is 25.1 Å². The molecular formula is C27H28F2N2O3. The van der Waals surface area contributed by atoms with E-state index in [2.05, 4.69) is 4.90 Å². The van der Waals surface area contributed by atoms with Crippen molar-refractivity contribution < 1.29 is 23.0 Å². The summed E-state index contributed by atoms with van der Waals surface area (Å²) in [5.41, 5.74) is 1.59. The van der Waals surface area contributed by atoms with Crippen molar-refractivity contribution in [3.63, 3.8) is 0 Å². The van der Waals surface area contributed by atoms with Gasteiger partial charge >= 0.3 is 0 Å². The van der Waals surface area contributed by atoms with Crippen LogP contribution in [-0.4, -0.2) is 44.2 Å². The van der Waals surface area contributed by atoms with Crippen LogP contribution in [0.2, 0.25) is 0 Å². The topological polar surface area (TPSA) is 42.0 Å². The van der Waals surface area contributed by atoms with Crippen LogP contribution in [0.25, 0.3) is 0 Å². The van der Waals surface area contributed by atoms with Crippen molar-refractivity contribution in [3.8, 4) is 11.5 Å². The smallest absolute Gasteiger partial charge is 0.261 e. The lowest BCUT2D eigenvalue weighted by Gasteiger charge is -2.39. The third kappa shape index (κ3) is 5.20. The fourth-order valence-electron chi connectivity index (χ4n) is 4.44. The number of halogens is 2. The largest absolute Gasteiger partial charge is 0.497 e. The van der Waals surface area contributed by atoms with Gasteiger partial charge < -0.3 is 14.4 Å². The van der Waals surface area contributed by atoms with Gasteiger partial charge in [0, 0.05) is 36.9 Å². The summed E-state index contributed by atoms with van der Waals surface area (Å²) >= 11 is 0. The minimum Gasteiger partial charge on any atom is -0.497 e. The Labute approximate surface area is 198 Å². The molecule has 1 heterocycles. The van der Waals surface area contributed by atoms with Crippen LogP contribution in [0.15, 0.2) is 66.7 Å². The molecule has 0 atom stereocenters. The van der Waals surface area contributed by atoms with Crippen LogP contribution in [0.5, 0.6) is 11.5 Å². The molecule has 0 unspecified atom stereocenters. The summed E-state index contributed by atoms with van der Waals surface area (Å²) in [7, 11) is 3.28. The van der Waals surface area contributed by atoms with Crippen molar-refractivity contribution in [2.75, 3.05) is 32.2 Å². The molecule has 0 aliphatic carbocycles. The summed E-state index contributed by atoms with van der Waals surface area (Å²) < 4.78 is 38.9. The van der Waals surface area contributed by atoms with Crippen LogP contribution in [0.3, 0.4) is 0 Å². The molecule has 0 spiro atoms. The zero-order valence-electron chi connectivity index (χ0n) is 19.3. The third-order valence-electron chi connectivity index (χ3n) is 6.23. The van der Waals surface area contributed by atoms with Crippen molar-refractivity contribution in [1.29, 1.82) is 0 Å². The molecule has 0 bridgehead atoms. The fourth-order valence-corrected chi connectivity index (χ4v) is 4.44. The van der Waals surface area contributed by atoms with E-state index >= 15 is 0 Å². The Bertz CT molecular complexity index is 1130. The van der Waals surface area contributed by atoms with Crippen LogP contribution in [0, 0.1) is 11.6 Å². The molecule has 1 aliphatic heterocycles. The van der Waals surface area contributed by atoms with Crippen LogP contribution >= 0.6 is 0 Å². The van der Waals surface area contributed by atoms with Gasteiger partial charge in [0.15, 0.2) is 0 Å². The number of ether oxygens (including phenoxy) is 2. The second-order valence-electron chi connectivity index (χ2n) is 8.32. The summed E-state index contributed by atoms with van der Waals surface area (Å²) in [6.45, 7) is 2.17. The number of carbonyl (C=O) groups is 1. The second-order valence-corrected chi connectivity index (χ2v) is 8.32. The molecule has 3 aromatic rings. The Hall–Kier alpha value is -3.45.